The Kier molecular flexibility index (Phi) is 4.70. The molecule has 1 heterocycles. The van der Waals surface area contributed by atoms with Gasteiger partial charge >= 0.3 is 0 Å². The topological polar surface area (TPSA) is 57.5 Å². The average Bonchev–Trinajstić information content (AvgIpc) is 2.27. The van der Waals surface area contributed by atoms with Crippen LogP contribution in [0.2, 0.25) is 0 Å². The fourth-order valence-electron chi connectivity index (χ4n) is 1.16. The number of pyridine rings is 1. The third-order valence-corrected chi connectivity index (χ3v) is 3.63. The molecule has 100 valence electrons. The van der Waals surface area contributed by atoms with Gasteiger partial charge < -0.3 is 9.29 Å². The minimum Gasteiger partial charge on any atom is -0.591 e. The van der Waals surface area contributed by atoms with Gasteiger partial charge in [-0.1, -0.05) is 4.40 Å². The van der Waals surface area contributed by atoms with E-state index in [1.165, 1.54) is 13.2 Å². The van der Waals surface area contributed by atoms with Crippen molar-refractivity contribution >= 4 is 17.1 Å². The molecule has 1 rings (SSSR count). The van der Waals surface area contributed by atoms with Crippen LogP contribution < -0.4 is 4.74 Å². The molecule has 0 aliphatic rings. The van der Waals surface area contributed by atoms with E-state index in [0.717, 1.165) is 6.20 Å². The summed E-state index contributed by atoms with van der Waals surface area (Å²) in [6, 6.07) is 1.27. The second-order valence-electron chi connectivity index (χ2n) is 4.75. The molecule has 0 saturated heterocycles. The Bertz CT molecular complexity index is 458. The molecule has 0 aliphatic carbocycles. The first-order valence-corrected chi connectivity index (χ1v) is 6.53. The normalized spacial score (nSPS) is 14.5. The van der Waals surface area contributed by atoms with Crippen LogP contribution in [0.4, 0.5) is 4.39 Å². The van der Waals surface area contributed by atoms with Crippen LogP contribution in [0.5, 0.6) is 5.88 Å². The van der Waals surface area contributed by atoms with Gasteiger partial charge in [-0.2, -0.15) is 0 Å². The highest BCUT2D eigenvalue weighted by Crippen LogP contribution is 2.21. The van der Waals surface area contributed by atoms with Crippen LogP contribution in [0.15, 0.2) is 16.7 Å². The van der Waals surface area contributed by atoms with E-state index in [1.807, 2.05) is 20.8 Å². The first-order valence-electron chi connectivity index (χ1n) is 5.43. The van der Waals surface area contributed by atoms with Crippen LogP contribution in [0.25, 0.3) is 0 Å². The highest BCUT2D eigenvalue weighted by Gasteiger charge is 2.27. The molecule has 0 N–H and O–H groups in total. The van der Waals surface area contributed by atoms with E-state index in [4.69, 9.17) is 4.74 Å². The van der Waals surface area contributed by atoms with Gasteiger partial charge in [0.15, 0.2) is 0 Å². The lowest BCUT2D eigenvalue weighted by atomic mass is 10.2. The second kappa shape index (κ2) is 5.67. The highest BCUT2D eigenvalue weighted by molar-refractivity contribution is 7.91. The number of rotatable bonds is 3. The van der Waals surface area contributed by atoms with Crippen LogP contribution in [0.1, 0.15) is 33.3 Å². The van der Waals surface area contributed by atoms with Gasteiger partial charge in [0.1, 0.15) is 27.6 Å². The van der Waals surface area contributed by atoms with Crippen LogP contribution in [0, 0.1) is 5.82 Å². The van der Waals surface area contributed by atoms with E-state index < -0.39 is 21.9 Å². The molecule has 1 aromatic heterocycles. The van der Waals surface area contributed by atoms with Gasteiger partial charge in [0, 0.05) is 0 Å². The van der Waals surface area contributed by atoms with Gasteiger partial charge in [0.25, 0.3) is 0 Å². The van der Waals surface area contributed by atoms with Crippen LogP contribution in [-0.4, -0.2) is 27.1 Å². The van der Waals surface area contributed by atoms with E-state index in [-0.39, 0.29) is 5.88 Å². The molecular formula is C12H17FN2O2S. The number of ether oxygens (including phenoxy) is 1. The molecular weight excluding hydrogens is 255 g/mol. The number of methoxy groups -OCH3 is 1. The summed E-state index contributed by atoms with van der Waals surface area (Å²) in [6.45, 7) is 7.12. The molecule has 1 unspecified atom stereocenters. The summed E-state index contributed by atoms with van der Waals surface area (Å²) in [4.78, 5) is 3.81. The maximum atomic E-state index is 13.2. The summed E-state index contributed by atoms with van der Waals surface area (Å²) in [5.74, 6) is -0.217. The third-order valence-electron chi connectivity index (χ3n) is 2.14. The molecule has 1 atom stereocenters. The predicted molar refractivity (Wildman–Crippen MR) is 70.9 cm³/mol. The van der Waals surface area contributed by atoms with Crippen molar-refractivity contribution in [3.8, 4) is 5.88 Å². The largest absolute Gasteiger partial charge is 0.591 e. The van der Waals surface area contributed by atoms with Gasteiger partial charge in [-0.25, -0.2) is 9.37 Å². The van der Waals surface area contributed by atoms with Crippen molar-refractivity contribution < 1.29 is 13.7 Å². The lowest BCUT2D eigenvalue weighted by Crippen LogP contribution is -2.26. The van der Waals surface area contributed by atoms with Crippen molar-refractivity contribution in [1.82, 2.24) is 4.98 Å². The molecule has 0 aromatic carbocycles. The van der Waals surface area contributed by atoms with Gasteiger partial charge in [0.2, 0.25) is 5.88 Å². The monoisotopic (exact) mass is 272 g/mol. The Balaban J connectivity index is 3.14. The number of aromatic nitrogens is 1. The molecule has 0 saturated carbocycles. The summed E-state index contributed by atoms with van der Waals surface area (Å²) < 4.78 is 33.7. The Morgan fingerprint density at radius 1 is 1.50 bits per heavy atom. The fraction of sp³-hybridized carbons (Fsp3) is 0.500. The predicted octanol–water partition coefficient (Wildman–Crippen LogP) is 2.50. The molecule has 18 heavy (non-hydrogen) atoms. The quantitative estimate of drug-likeness (QED) is 0.627. The van der Waals surface area contributed by atoms with E-state index in [9.17, 15) is 8.94 Å². The van der Waals surface area contributed by atoms with E-state index in [0.29, 0.717) is 11.3 Å². The van der Waals surface area contributed by atoms with E-state index in [2.05, 4.69) is 9.38 Å². The molecule has 6 heteroatoms. The van der Waals surface area contributed by atoms with Crippen molar-refractivity contribution in [2.45, 2.75) is 32.4 Å². The van der Waals surface area contributed by atoms with Crippen LogP contribution in [-0.2, 0) is 11.4 Å². The zero-order chi connectivity index (χ0) is 13.9. The Morgan fingerprint density at radius 2 is 2.11 bits per heavy atom. The van der Waals surface area contributed by atoms with Crippen molar-refractivity contribution in [3.05, 3.63) is 23.6 Å². The van der Waals surface area contributed by atoms with Crippen molar-refractivity contribution in [2.24, 2.45) is 4.40 Å². The second-order valence-corrected chi connectivity index (χ2v) is 6.65. The van der Waals surface area contributed by atoms with Gasteiger partial charge in [-0.15, -0.1) is 0 Å². The molecule has 0 spiro atoms. The SMILES string of the molecule is COc1ncc(F)cc1C(C)=N[S+]([O-])C(C)(C)C. The number of halogens is 1. The molecule has 0 fully saturated rings. The summed E-state index contributed by atoms with van der Waals surface area (Å²) in [6.07, 6.45) is 1.07. The summed E-state index contributed by atoms with van der Waals surface area (Å²) in [5.41, 5.74) is 0.849. The van der Waals surface area contributed by atoms with Crippen LogP contribution >= 0.6 is 0 Å². The van der Waals surface area contributed by atoms with Crippen molar-refractivity contribution in [2.75, 3.05) is 7.11 Å². The molecule has 4 nitrogen and oxygen atoms in total. The maximum absolute atomic E-state index is 13.2. The molecule has 1 aromatic rings. The molecule has 0 radical (unpaired) electrons. The first-order chi connectivity index (χ1) is 8.25. The lowest BCUT2D eigenvalue weighted by molar-refractivity contribution is 0.395. The summed E-state index contributed by atoms with van der Waals surface area (Å²) in [7, 11) is 1.44. The van der Waals surface area contributed by atoms with Crippen molar-refractivity contribution in [1.29, 1.82) is 0 Å². The van der Waals surface area contributed by atoms with Crippen molar-refractivity contribution in [3.63, 3.8) is 0 Å². The number of nitrogens with zero attached hydrogens (tertiary/aromatic N) is 2. The minimum absolute atomic E-state index is 0.267. The summed E-state index contributed by atoms with van der Waals surface area (Å²) in [5, 5.41) is 0. The molecule has 0 aliphatic heterocycles. The zero-order valence-electron chi connectivity index (χ0n) is 11.2. The van der Waals surface area contributed by atoms with E-state index in [1.54, 1.807) is 6.92 Å². The first kappa shape index (κ1) is 14.9. The van der Waals surface area contributed by atoms with Gasteiger partial charge in [-0.05, 0) is 33.8 Å². The Hall–Kier alpha value is -1.14. The minimum atomic E-state index is -1.40. The Labute approximate surface area is 110 Å². The Morgan fingerprint density at radius 3 is 2.61 bits per heavy atom. The lowest BCUT2D eigenvalue weighted by Gasteiger charge is -2.19. The molecule has 0 amide bonds. The average molecular weight is 272 g/mol. The van der Waals surface area contributed by atoms with Crippen LogP contribution in [0.3, 0.4) is 0 Å². The highest BCUT2D eigenvalue weighted by atomic mass is 32.2. The smallest absolute Gasteiger partial charge is 0.222 e. The van der Waals surface area contributed by atoms with Gasteiger partial charge in [0.05, 0.1) is 18.9 Å². The third kappa shape index (κ3) is 3.68. The zero-order valence-corrected chi connectivity index (χ0v) is 12.0. The van der Waals surface area contributed by atoms with Gasteiger partial charge in [-0.3, -0.25) is 0 Å². The van der Waals surface area contributed by atoms with E-state index >= 15 is 0 Å². The molecule has 0 bridgehead atoms. The number of hydrogen-bond donors (Lipinski definition) is 0. The number of hydrogen-bond acceptors (Lipinski definition) is 4. The standard InChI is InChI=1S/C12H17FN2O2S/c1-8(15-18(16)12(2,3)4)10-6-9(13)7-14-11(10)17-5/h6-7H,1-5H3. The fourth-order valence-corrected chi connectivity index (χ4v) is 1.78. The summed E-state index contributed by atoms with van der Waals surface area (Å²) >= 11 is -1.40. The maximum Gasteiger partial charge on any atom is 0.222 e.